The molecule has 4 aromatic rings. The van der Waals surface area contributed by atoms with Crippen LogP contribution in [0.1, 0.15) is 22.0 Å². The maximum atomic E-state index is 13.8. The van der Waals surface area contributed by atoms with Crippen LogP contribution >= 0.6 is 0 Å². The molecule has 0 aliphatic carbocycles. The highest BCUT2D eigenvalue weighted by Gasteiger charge is 2.38. The van der Waals surface area contributed by atoms with E-state index in [1.165, 1.54) is 23.1 Å². The summed E-state index contributed by atoms with van der Waals surface area (Å²) in [5.74, 6) is -0.845. The van der Waals surface area contributed by atoms with Gasteiger partial charge < -0.3 is 5.32 Å². The number of benzene rings is 4. The van der Waals surface area contributed by atoms with Crippen LogP contribution in [0.15, 0.2) is 108 Å². The van der Waals surface area contributed by atoms with Crippen LogP contribution < -0.4 is 15.4 Å². The summed E-state index contributed by atoms with van der Waals surface area (Å²) in [5, 5.41) is 8.00. The summed E-state index contributed by atoms with van der Waals surface area (Å²) >= 11 is 0. The number of nitrogens with one attached hydrogen (secondary N) is 1. The topological polar surface area (TPSA) is 110 Å². The second kappa shape index (κ2) is 8.83. The molecule has 35 heavy (non-hydrogen) atoms. The van der Waals surface area contributed by atoms with Gasteiger partial charge in [-0.1, -0.05) is 72.8 Å². The molecule has 4 aromatic carbocycles. The number of hydrogen-bond acceptors (Lipinski definition) is 4. The number of hydrogen-bond donors (Lipinski definition) is 2. The third-order valence-electron chi connectivity index (χ3n) is 5.89. The summed E-state index contributed by atoms with van der Waals surface area (Å²) in [6.45, 7) is 0. The Morgan fingerprint density at radius 2 is 1.40 bits per heavy atom. The Labute approximate surface area is 202 Å². The Morgan fingerprint density at radius 3 is 2.03 bits per heavy atom. The number of amides is 2. The number of carbonyl (C=O) groups excluding carboxylic acids is 2. The molecule has 5 rings (SSSR count). The lowest BCUT2D eigenvalue weighted by atomic mass is 9.98. The lowest BCUT2D eigenvalue weighted by molar-refractivity contribution is -0.117. The van der Waals surface area contributed by atoms with Crippen molar-refractivity contribution in [3.8, 4) is 11.1 Å². The van der Waals surface area contributed by atoms with Crippen LogP contribution in [0.5, 0.6) is 0 Å². The van der Waals surface area contributed by atoms with Gasteiger partial charge in [0, 0.05) is 5.56 Å². The van der Waals surface area contributed by atoms with Crippen molar-refractivity contribution in [3.05, 3.63) is 114 Å². The fourth-order valence-corrected chi connectivity index (χ4v) is 4.74. The zero-order chi connectivity index (χ0) is 24.6. The molecule has 1 atom stereocenters. The summed E-state index contributed by atoms with van der Waals surface area (Å²) < 4.78 is 23.7. The van der Waals surface area contributed by atoms with E-state index in [0.717, 1.165) is 11.1 Å². The van der Waals surface area contributed by atoms with Crippen molar-refractivity contribution in [1.82, 2.24) is 0 Å². The number of primary sulfonamides is 1. The molecule has 3 N–H and O–H groups in total. The van der Waals surface area contributed by atoms with Gasteiger partial charge in [0.05, 0.1) is 16.3 Å². The van der Waals surface area contributed by atoms with Crippen molar-refractivity contribution >= 4 is 33.2 Å². The molecule has 0 spiro atoms. The van der Waals surface area contributed by atoms with Gasteiger partial charge in [0.25, 0.3) is 11.8 Å². The third-order valence-corrected chi connectivity index (χ3v) is 6.80. The van der Waals surface area contributed by atoms with Crippen molar-refractivity contribution in [2.24, 2.45) is 5.14 Å². The highest BCUT2D eigenvalue weighted by atomic mass is 32.2. The number of nitrogens with zero attached hydrogens (tertiary/aromatic N) is 1. The molecular weight excluding hydrogens is 462 g/mol. The van der Waals surface area contributed by atoms with E-state index in [1.54, 1.807) is 36.4 Å². The SMILES string of the molecule is NS(=O)(=O)c1ccc2c(c1)NC(=O)C(c1ccccc1)N2C(=O)c1ccc(-c2ccccc2)cc1. The maximum Gasteiger partial charge on any atom is 0.259 e. The predicted molar refractivity (Wildman–Crippen MR) is 134 cm³/mol. The van der Waals surface area contributed by atoms with Gasteiger partial charge in [0.1, 0.15) is 6.04 Å². The van der Waals surface area contributed by atoms with E-state index in [2.05, 4.69) is 5.32 Å². The second-order valence-electron chi connectivity index (χ2n) is 8.14. The largest absolute Gasteiger partial charge is 0.322 e. The molecule has 174 valence electrons. The first-order chi connectivity index (χ1) is 16.8. The Hall–Kier alpha value is -4.27. The van der Waals surface area contributed by atoms with Crippen LogP contribution in [0.4, 0.5) is 11.4 Å². The van der Waals surface area contributed by atoms with Crippen molar-refractivity contribution in [1.29, 1.82) is 0 Å². The molecule has 1 aliphatic heterocycles. The minimum absolute atomic E-state index is 0.158. The fraction of sp³-hybridized carbons (Fsp3) is 0.0370. The highest BCUT2D eigenvalue weighted by molar-refractivity contribution is 7.89. The van der Waals surface area contributed by atoms with E-state index in [9.17, 15) is 18.0 Å². The van der Waals surface area contributed by atoms with Crippen LogP contribution in [-0.2, 0) is 14.8 Å². The quantitative estimate of drug-likeness (QED) is 0.450. The first kappa shape index (κ1) is 22.5. The molecule has 7 nitrogen and oxygen atoms in total. The zero-order valence-corrected chi connectivity index (χ0v) is 19.3. The average Bonchev–Trinajstić information content (AvgIpc) is 2.87. The van der Waals surface area contributed by atoms with Crippen LogP contribution in [0.3, 0.4) is 0 Å². The van der Waals surface area contributed by atoms with Crippen molar-refractivity contribution in [3.63, 3.8) is 0 Å². The van der Waals surface area contributed by atoms with E-state index in [-0.39, 0.29) is 10.6 Å². The van der Waals surface area contributed by atoms with Gasteiger partial charge in [0.15, 0.2) is 0 Å². The van der Waals surface area contributed by atoms with Gasteiger partial charge >= 0.3 is 0 Å². The Bertz CT molecular complexity index is 1520. The minimum atomic E-state index is -4.00. The van der Waals surface area contributed by atoms with Crippen molar-refractivity contribution in [2.75, 3.05) is 10.2 Å². The molecule has 1 unspecified atom stereocenters. The second-order valence-corrected chi connectivity index (χ2v) is 9.71. The molecule has 0 radical (unpaired) electrons. The van der Waals surface area contributed by atoms with Gasteiger partial charge in [-0.15, -0.1) is 0 Å². The van der Waals surface area contributed by atoms with Gasteiger partial charge in [0.2, 0.25) is 10.0 Å². The first-order valence-corrected chi connectivity index (χ1v) is 12.4. The number of carbonyl (C=O) groups is 2. The highest BCUT2D eigenvalue weighted by Crippen LogP contribution is 2.40. The number of sulfonamides is 1. The average molecular weight is 484 g/mol. The number of anilines is 2. The van der Waals surface area contributed by atoms with Crippen molar-refractivity contribution < 1.29 is 18.0 Å². The van der Waals surface area contributed by atoms with Crippen LogP contribution in [0.25, 0.3) is 11.1 Å². The molecule has 1 aliphatic rings. The normalized spacial score (nSPS) is 15.3. The molecule has 2 amide bonds. The molecular formula is C27H21N3O4S. The molecule has 1 heterocycles. The van der Waals surface area contributed by atoms with Crippen molar-refractivity contribution in [2.45, 2.75) is 10.9 Å². The molecule has 0 aromatic heterocycles. The minimum Gasteiger partial charge on any atom is -0.322 e. The first-order valence-electron chi connectivity index (χ1n) is 10.8. The summed E-state index contributed by atoms with van der Waals surface area (Å²) in [5.41, 5.74) is 3.57. The predicted octanol–water partition coefficient (Wildman–Crippen LogP) is 4.34. The molecule has 8 heteroatoms. The van der Waals surface area contributed by atoms with Gasteiger partial charge in [-0.25, -0.2) is 13.6 Å². The molecule has 0 saturated heterocycles. The van der Waals surface area contributed by atoms with E-state index in [4.69, 9.17) is 5.14 Å². The van der Waals surface area contributed by atoms with Crippen LogP contribution in [0.2, 0.25) is 0 Å². The van der Waals surface area contributed by atoms with E-state index in [0.29, 0.717) is 16.8 Å². The lowest BCUT2D eigenvalue weighted by Crippen LogP contribution is -2.45. The Balaban J connectivity index is 1.60. The number of nitrogens with two attached hydrogens (primary N) is 1. The monoisotopic (exact) mass is 483 g/mol. The lowest BCUT2D eigenvalue weighted by Gasteiger charge is -2.37. The summed E-state index contributed by atoms with van der Waals surface area (Å²) in [6, 6.07) is 29.0. The maximum absolute atomic E-state index is 13.8. The van der Waals surface area contributed by atoms with E-state index in [1.807, 2.05) is 48.5 Å². The summed E-state index contributed by atoms with van der Waals surface area (Å²) in [6.07, 6.45) is 0. The Kier molecular flexibility index (Phi) is 5.68. The smallest absolute Gasteiger partial charge is 0.259 e. The number of rotatable bonds is 4. The zero-order valence-electron chi connectivity index (χ0n) is 18.5. The summed E-state index contributed by atoms with van der Waals surface area (Å²) in [4.78, 5) is 28.3. The summed E-state index contributed by atoms with van der Waals surface area (Å²) in [7, 11) is -4.00. The van der Waals surface area contributed by atoms with E-state index < -0.39 is 27.9 Å². The standard InChI is InChI=1S/C27H21N3O4S/c28-35(33,34)22-15-16-24-23(17-22)29-26(31)25(20-9-5-2-6-10-20)30(24)27(32)21-13-11-19(12-14-21)18-7-3-1-4-8-18/h1-17,25H,(H,29,31)(H2,28,33,34). The molecule has 0 bridgehead atoms. The van der Waals surface area contributed by atoms with E-state index >= 15 is 0 Å². The number of fused-ring (bicyclic) bond motifs is 1. The van der Waals surface area contributed by atoms with Gasteiger partial charge in [-0.3, -0.25) is 14.5 Å². The van der Waals surface area contributed by atoms with Gasteiger partial charge in [-0.2, -0.15) is 0 Å². The molecule has 0 fully saturated rings. The molecule has 0 saturated carbocycles. The van der Waals surface area contributed by atoms with Gasteiger partial charge in [-0.05, 0) is 47.0 Å². The Morgan fingerprint density at radius 1 is 0.800 bits per heavy atom. The van der Waals surface area contributed by atoms with Crippen LogP contribution in [-0.4, -0.2) is 20.2 Å². The third kappa shape index (κ3) is 4.32. The fourth-order valence-electron chi connectivity index (χ4n) is 4.20. The van der Waals surface area contributed by atoms with Crippen LogP contribution in [0, 0.1) is 0 Å².